The summed E-state index contributed by atoms with van der Waals surface area (Å²) >= 11 is 0. The Balaban J connectivity index is 1.38. The maximum Gasteiger partial charge on any atom is 0.0870 e. The van der Waals surface area contributed by atoms with E-state index in [9.17, 15) is 0 Å². The van der Waals surface area contributed by atoms with Crippen molar-refractivity contribution in [2.24, 2.45) is 5.92 Å². The lowest BCUT2D eigenvalue weighted by atomic mass is 10.1. The van der Waals surface area contributed by atoms with Gasteiger partial charge in [-0.25, -0.2) is 0 Å². The molecule has 2 saturated heterocycles. The van der Waals surface area contributed by atoms with Gasteiger partial charge in [-0.1, -0.05) is 43.2 Å². The van der Waals surface area contributed by atoms with Crippen molar-refractivity contribution in [2.75, 3.05) is 32.8 Å². The van der Waals surface area contributed by atoms with Crippen LogP contribution in [0.5, 0.6) is 0 Å². The molecule has 0 N–H and O–H groups in total. The van der Waals surface area contributed by atoms with Crippen LogP contribution in [0.1, 0.15) is 31.2 Å². The van der Waals surface area contributed by atoms with E-state index in [2.05, 4.69) is 40.1 Å². The second-order valence-corrected chi connectivity index (χ2v) is 7.30. The third-order valence-electron chi connectivity index (χ3n) is 5.71. The standard InChI is InChI=1S/C19H28N2O/c1-2-6-17(7-3-1)13-21-10-11-22-19-15-20(14-18(19)21)12-16-8-4-5-9-16/h1-3,6-7,16,18-19H,4-5,8-15H2. The minimum atomic E-state index is 0.430. The summed E-state index contributed by atoms with van der Waals surface area (Å²) in [5.74, 6) is 0.947. The van der Waals surface area contributed by atoms with Crippen molar-refractivity contribution in [1.29, 1.82) is 0 Å². The Hall–Kier alpha value is -0.900. The van der Waals surface area contributed by atoms with E-state index in [4.69, 9.17) is 4.74 Å². The molecule has 2 heterocycles. The van der Waals surface area contributed by atoms with Crippen molar-refractivity contribution in [3.63, 3.8) is 0 Å². The average molecular weight is 300 g/mol. The summed E-state index contributed by atoms with van der Waals surface area (Å²) in [6.45, 7) is 6.69. The van der Waals surface area contributed by atoms with Gasteiger partial charge in [0.25, 0.3) is 0 Å². The fraction of sp³-hybridized carbons (Fsp3) is 0.684. The van der Waals surface area contributed by atoms with Gasteiger partial charge >= 0.3 is 0 Å². The fourth-order valence-electron chi connectivity index (χ4n) is 4.56. The van der Waals surface area contributed by atoms with Crippen molar-refractivity contribution in [3.8, 4) is 0 Å². The van der Waals surface area contributed by atoms with Crippen LogP contribution in [0.15, 0.2) is 30.3 Å². The molecule has 120 valence electrons. The number of ether oxygens (including phenoxy) is 1. The molecule has 1 aliphatic carbocycles. The molecule has 22 heavy (non-hydrogen) atoms. The molecule has 4 rings (SSSR count). The first-order valence-corrected chi connectivity index (χ1v) is 9.00. The highest BCUT2D eigenvalue weighted by Gasteiger charge is 2.40. The summed E-state index contributed by atoms with van der Waals surface area (Å²) in [7, 11) is 0. The molecule has 2 unspecified atom stereocenters. The smallest absolute Gasteiger partial charge is 0.0870 e. The summed E-state index contributed by atoms with van der Waals surface area (Å²) in [6.07, 6.45) is 6.21. The molecule has 0 radical (unpaired) electrons. The van der Waals surface area contributed by atoms with E-state index in [-0.39, 0.29) is 0 Å². The Bertz CT molecular complexity index is 472. The first kappa shape index (κ1) is 14.7. The molecular formula is C19H28N2O. The van der Waals surface area contributed by atoms with Crippen LogP contribution in [0.2, 0.25) is 0 Å². The van der Waals surface area contributed by atoms with Crippen molar-refractivity contribution >= 4 is 0 Å². The van der Waals surface area contributed by atoms with Gasteiger partial charge in [-0.15, -0.1) is 0 Å². The quantitative estimate of drug-likeness (QED) is 0.850. The van der Waals surface area contributed by atoms with Crippen LogP contribution in [-0.4, -0.2) is 54.7 Å². The number of hydrogen-bond donors (Lipinski definition) is 0. The molecule has 2 atom stereocenters. The Morgan fingerprint density at radius 3 is 2.68 bits per heavy atom. The second-order valence-electron chi connectivity index (χ2n) is 7.30. The predicted octanol–water partition coefficient (Wildman–Crippen LogP) is 2.76. The Morgan fingerprint density at radius 2 is 1.86 bits per heavy atom. The van der Waals surface area contributed by atoms with E-state index in [0.29, 0.717) is 12.1 Å². The molecule has 2 aliphatic heterocycles. The van der Waals surface area contributed by atoms with Gasteiger partial charge in [0.15, 0.2) is 0 Å². The minimum Gasteiger partial charge on any atom is -0.374 e. The van der Waals surface area contributed by atoms with E-state index in [0.717, 1.165) is 32.2 Å². The molecule has 3 heteroatoms. The molecule has 3 nitrogen and oxygen atoms in total. The van der Waals surface area contributed by atoms with Crippen LogP contribution >= 0.6 is 0 Å². The number of rotatable bonds is 4. The number of nitrogens with zero attached hydrogens (tertiary/aromatic N) is 2. The van der Waals surface area contributed by atoms with Crippen molar-refractivity contribution in [1.82, 2.24) is 9.80 Å². The SMILES string of the molecule is c1ccc(CN2CCOC3CN(CC4CCCC4)CC32)cc1. The van der Waals surface area contributed by atoms with Crippen LogP contribution in [0, 0.1) is 5.92 Å². The van der Waals surface area contributed by atoms with Gasteiger partial charge in [0, 0.05) is 32.7 Å². The average Bonchev–Trinajstić information content (AvgIpc) is 3.18. The monoisotopic (exact) mass is 300 g/mol. The first-order valence-electron chi connectivity index (χ1n) is 9.00. The molecule has 3 fully saturated rings. The molecule has 1 saturated carbocycles. The summed E-state index contributed by atoms with van der Waals surface area (Å²) in [5, 5.41) is 0. The van der Waals surface area contributed by atoms with E-state index >= 15 is 0 Å². The maximum absolute atomic E-state index is 6.08. The zero-order chi connectivity index (χ0) is 14.8. The van der Waals surface area contributed by atoms with Gasteiger partial charge in [-0.05, 0) is 24.3 Å². The highest BCUT2D eigenvalue weighted by molar-refractivity contribution is 5.15. The highest BCUT2D eigenvalue weighted by atomic mass is 16.5. The largest absolute Gasteiger partial charge is 0.374 e. The van der Waals surface area contributed by atoms with Gasteiger partial charge in [0.1, 0.15) is 0 Å². The number of fused-ring (bicyclic) bond motifs is 1. The zero-order valence-corrected chi connectivity index (χ0v) is 13.5. The van der Waals surface area contributed by atoms with E-state index in [1.807, 2.05) is 0 Å². The molecule has 1 aromatic rings. The van der Waals surface area contributed by atoms with Crippen molar-refractivity contribution < 1.29 is 4.74 Å². The van der Waals surface area contributed by atoms with Crippen molar-refractivity contribution in [3.05, 3.63) is 35.9 Å². The van der Waals surface area contributed by atoms with Gasteiger partial charge in [0.2, 0.25) is 0 Å². The summed E-state index contributed by atoms with van der Waals surface area (Å²) in [6, 6.07) is 11.5. The molecule has 1 aromatic carbocycles. The summed E-state index contributed by atoms with van der Waals surface area (Å²) < 4.78 is 6.08. The third kappa shape index (κ3) is 3.22. The normalized spacial score (nSPS) is 30.7. The highest BCUT2D eigenvalue weighted by Crippen LogP contribution is 2.29. The fourth-order valence-corrected chi connectivity index (χ4v) is 4.56. The molecule has 0 spiro atoms. The van der Waals surface area contributed by atoms with Gasteiger partial charge in [0.05, 0.1) is 18.8 Å². The first-order chi connectivity index (χ1) is 10.9. The summed E-state index contributed by atoms with van der Waals surface area (Å²) in [4.78, 5) is 5.33. The summed E-state index contributed by atoms with van der Waals surface area (Å²) in [5.41, 5.74) is 1.43. The molecular weight excluding hydrogens is 272 g/mol. The third-order valence-corrected chi connectivity index (χ3v) is 5.71. The van der Waals surface area contributed by atoms with Gasteiger partial charge < -0.3 is 4.74 Å². The zero-order valence-electron chi connectivity index (χ0n) is 13.5. The Kier molecular flexibility index (Phi) is 4.47. The van der Waals surface area contributed by atoms with Gasteiger partial charge in [-0.2, -0.15) is 0 Å². The maximum atomic E-state index is 6.08. The van der Waals surface area contributed by atoms with E-state index in [1.54, 1.807) is 0 Å². The van der Waals surface area contributed by atoms with Crippen LogP contribution in [0.3, 0.4) is 0 Å². The number of hydrogen-bond acceptors (Lipinski definition) is 3. The van der Waals surface area contributed by atoms with Crippen LogP contribution in [-0.2, 0) is 11.3 Å². The van der Waals surface area contributed by atoms with E-state index < -0.39 is 0 Å². The van der Waals surface area contributed by atoms with Crippen molar-refractivity contribution in [2.45, 2.75) is 44.4 Å². The minimum absolute atomic E-state index is 0.430. The number of benzene rings is 1. The lowest BCUT2D eigenvalue weighted by Gasteiger charge is -2.37. The molecule has 0 bridgehead atoms. The topological polar surface area (TPSA) is 15.7 Å². The Morgan fingerprint density at radius 1 is 1.05 bits per heavy atom. The number of likely N-dealkylation sites (tertiary alicyclic amines) is 1. The lowest BCUT2D eigenvalue weighted by molar-refractivity contribution is -0.0504. The van der Waals surface area contributed by atoms with Gasteiger partial charge in [-0.3, -0.25) is 9.80 Å². The van der Waals surface area contributed by atoms with Crippen LogP contribution in [0.4, 0.5) is 0 Å². The predicted molar refractivity (Wildman–Crippen MR) is 88.8 cm³/mol. The molecule has 3 aliphatic rings. The number of morpholine rings is 1. The van der Waals surface area contributed by atoms with Crippen LogP contribution < -0.4 is 0 Å². The van der Waals surface area contributed by atoms with Crippen LogP contribution in [0.25, 0.3) is 0 Å². The second kappa shape index (κ2) is 6.69. The lowest BCUT2D eigenvalue weighted by Crippen LogP contribution is -2.50. The Labute approximate surface area is 134 Å². The molecule has 0 amide bonds. The molecule has 0 aromatic heterocycles. The van der Waals surface area contributed by atoms with E-state index in [1.165, 1.54) is 44.3 Å².